The van der Waals surface area contributed by atoms with Gasteiger partial charge in [-0.3, -0.25) is 0 Å². The van der Waals surface area contributed by atoms with E-state index in [0.29, 0.717) is 4.47 Å². The van der Waals surface area contributed by atoms with Crippen LogP contribution in [0.2, 0.25) is 0 Å². The van der Waals surface area contributed by atoms with Gasteiger partial charge in [0.25, 0.3) is 6.43 Å². The van der Waals surface area contributed by atoms with Crippen molar-refractivity contribution in [3.63, 3.8) is 0 Å². The molecule has 0 radical (unpaired) electrons. The summed E-state index contributed by atoms with van der Waals surface area (Å²) in [5.74, 6) is -2.91. The highest BCUT2D eigenvalue weighted by molar-refractivity contribution is 9.10. The second-order valence-corrected chi connectivity index (χ2v) is 4.79. The van der Waals surface area contributed by atoms with Crippen LogP contribution in [-0.4, -0.2) is 17.6 Å². The predicted octanol–water partition coefficient (Wildman–Crippen LogP) is 4.36. The molecule has 0 amide bonds. The summed E-state index contributed by atoms with van der Waals surface area (Å²) in [7, 11) is 0. The molecule has 0 saturated heterocycles. The predicted molar refractivity (Wildman–Crippen MR) is 70.5 cm³/mol. The molecule has 1 aromatic heterocycles. The van der Waals surface area contributed by atoms with Crippen molar-refractivity contribution >= 4 is 21.9 Å². The van der Waals surface area contributed by atoms with Gasteiger partial charge in [-0.2, -0.15) is 0 Å². The fourth-order valence-electron chi connectivity index (χ4n) is 1.60. The van der Waals surface area contributed by atoms with Gasteiger partial charge in [0, 0.05) is 4.47 Å². The molecule has 1 aromatic carbocycles. The molecular weight excluding hydrogens is 355 g/mol. The monoisotopic (exact) mass is 363 g/mol. The van der Waals surface area contributed by atoms with Crippen molar-refractivity contribution in [3.05, 3.63) is 39.9 Å². The molecule has 0 N–H and O–H groups in total. The van der Waals surface area contributed by atoms with Gasteiger partial charge >= 0.3 is 5.97 Å². The van der Waals surface area contributed by atoms with E-state index in [1.165, 1.54) is 19.1 Å². The first kappa shape index (κ1) is 15.6. The minimum Gasteiger partial charge on any atom is -0.460 e. The number of carbonyl (C=O) groups excluding carboxylic acids is 1. The van der Waals surface area contributed by atoms with Gasteiger partial charge in [-0.15, -0.1) is 0 Å². The summed E-state index contributed by atoms with van der Waals surface area (Å²) in [6.07, 6.45) is -3.04. The Morgan fingerprint density at radius 3 is 2.76 bits per heavy atom. The fraction of sp³-hybridized carbons (Fsp3) is 0.231. The Labute approximate surface area is 126 Å². The first-order valence-corrected chi connectivity index (χ1v) is 6.64. The smallest absolute Gasteiger partial charge is 0.376 e. The van der Waals surface area contributed by atoms with Crippen LogP contribution in [0.4, 0.5) is 13.2 Å². The number of alkyl halides is 2. The summed E-state index contributed by atoms with van der Waals surface area (Å²) >= 11 is 3.07. The van der Waals surface area contributed by atoms with E-state index in [0.717, 1.165) is 6.07 Å². The number of aromatic nitrogens is 1. The van der Waals surface area contributed by atoms with E-state index in [2.05, 4.69) is 25.7 Å². The number of esters is 1. The molecule has 21 heavy (non-hydrogen) atoms. The van der Waals surface area contributed by atoms with Crippen LogP contribution in [0.25, 0.3) is 11.5 Å². The zero-order valence-electron chi connectivity index (χ0n) is 10.7. The van der Waals surface area contributed by atoms with Gasteiger partial charge in [-0.25, -0.2) is 22.9 Å². The summed E-state index contributed by atoms with van der Waals surface area (Å²) in [6.45, 7) is 1.51. The number of hydrogen-bond acceptors (Lipinski definition) is 4. The highest BCUT2D eigenvalue weighted by atomic mass is 79.9. The van der Waals surface area contributed by atoms with Crippen molar-refractivity contribution in [1.82, 2.24) is 4.98 Å². The van der Waals surface area contributed by atoms with Crippen LogP contribution < -0.4 is 0 Å². The second-order valence-electron chi connectivity index (χ2n) is 3.88. The zero-order chi connectivity index (χ0) is 15.6. The Balaban J connectivity index is 2.51. The van der Waals surface area contributed by atoms with E-state index in [1.54, 1.807) is 0 Å². The molecule has 0 aliphatic carbocycles. The maximum Gasteiger partial charge on any atom is 0.376 e. The van der Waals surface area contributed by atoms with Gasteiger partial charge < -0.3 is 9.15 Å². The molecule has 2 rings (SSSR count). The minimum atomic E-state index is -3.04. The van der Waals surface area contributed by atoms with Crippen LogP contribution >= 0.6 is 15.9 Å². The van der Waals surface area contributed by atoms with Crippen molar-refractivity contribution < 1.29 is 27.1 Å². The topological polar surface area (TPSA) is 52.3 Å². The molecule has 2 aromatic rings. The van der Waals surface area contributed by atoms with Crippen LogP contribution in [-0.2, 0) is 4.74 Å². The van der Waals surface area contributed by atoms with Crippen molar-refractivity contribution in [2.75, 3.05) is 6.61 Å². The Hall–Kier alpha value is -1.83. The van der Waals surface area contributed by atoms with Crippen LogP contribution in [0.15, 0.2) is 27.1 Å². The van der Waals surface area contributed by atoms with E-state index in [1.807, 2.05) is 0 Å². The highest BCUT2D eigenvalue weighted by Gasteiger charge is 2.28. The molecule has 112 valence electrons. The van der Waals surface area contributed by atoms with Gasteiger partial charge in [0.05, 0.1) is 12.2 Å². The van der Waals surface area contributed by atoms with E-state index >= 15 is 0 Å². The van der Waals surface area contributed by atoms with Gasteiger partial charge in [0.2, 0.25) is 11.7 Å². The SMILES string of the molecule is CCOC(=O)c1oc(-c2ccc(Br)cc2F)nc1C(F)F. The third-order valence-corrected chi connectivity index (χ3v) is 2.98. The average molecular weight is 364 g/mol. The maximum absolute atomic E-state index is 13.8. The normalized spacial score (nSPS) is 11.0. The number of nitrogens with zero attached hydrogens (tertiary/aromatic N) is 1. The molecule has 0 saturated carbocycles. The third-order valence-electron chi connectivity index (χ3n) is 2.48. The number of carbonyl (C=O) groups is 1. The summed E-state index contributed by atoms with van der Waals surface area (Å²) in [6, 6.07) is 3.93. The highest BCUT2D eigenvalue weighted by Crippen LogP contribution is 2.31. The molecule has 0 aliphatic heterocycles. The lowest BCUT2D eigenvalue weighted by atomic mass is 10.2. The Kier molecular flexibility index (Phi) is 4.66. The lowest BCUT2D eigenvalue weighted by Gasteiger charge is -1.99. The number of hydrogen-bond donors (Lipinski definition) is 0. The number of benzene rings is 1. The van der Waals surface area contributed by atoms with Gasteiger partial charge in [-0.05, 0) is 25.1 Å². The van der Waals surface area contributed by atoms with Crippen molar-refractivity contribution in [2.45, 2.75) is 13.3 Å². The Morgan fingerprint density at radius 2 is 2.19 bits per heavy atom. The second kappa shape index (κ2) is 6.30. The van der Waals surface area contributed by atoms with Crippen molar-refractivity contribution in [3.8, 4) is 11.5 Å². The summed E-state index contributed by atoms with van der Waals surface area (Å²) < 4.78 is 49.6. The maximum atomic E-state index is 13.8. The minimum absolute atomic E-state index is 0.00973. The van der Waals surface area contributed by atoms with Crippen LogP contribution in [0, 0.1) is 5.82 Å². The quantitative estimate of drug-likeness (QED) is 0.757. The molecule has 0 fully saturated rings. The van der Waals surface area contributed by atoms with Crippen molar-refractivity contribution in [1.29, 1.82) is 0 Å². The van der Waals surface area contributed by atoms with Crippen LogP contribution in [0.5, 0.6) is 0 Å². The molecule has 0 unspecified atom stereocenters. The van der Waals surface area contributed by atoms with Crippen LogP contribution in [0.3, 0.4) is 0 Å². The zero-order valence-corrected chi connectivity index (χ0v) is 12.3. The summed E-state index contributed by atoms with van der Waals surface area (Å²) in [4.78, 5) is 15.1. The van der Waals surface area contributed by atoms with Gasteiger partial charge in [0.1, 0.15) is 5.82 Å². The third kappa shape index (κ3) is 3.26. The van der Waals surface area contributed by atoms with Gasteiger partial charge in [-0.1, -0.05) is 15.9 Å². The first-order valence-electron chi connectivity index (χ1n) is 5.85. The lowest BCUT2D eigenvalue weighted by Crippen LogP contribution is -2.06. The lowest BCUT2D eigenvalue weighted by molar-refractivity contribution is 0.0476. The van der Waals surface area contributed by atoms with E-state index in [9.17, 15) is 18.0 Å². The van der Waals surface area contributed by atoms with Crippen molar-refractivity contribution in [2.24, 2.45) is 0 Å². The summed E-state index contributed by atoms with van der Waals surface area (Å²) in [5.41, 5.74) is -0.999. The van der Waals surface area contributed by atoms with E-state index in [4.69, 9.17) is 4.42 Å². The van der Waals surface area contributed by atoms with Crippen LogP contribution in [0.1, 0.15) is 29.6 Å². The Morgan fingerprint density at radius 1 is 1.48 bits per heavy atom. The summed E-state index contributed by atoms with van der Waals surface area (Å²) in [5, 5.41) is 0. The van der Waals surface area contributed by atoms with Gasteiger partial charge in [0.15, 0.2) is 5.69 Å². The number of rotatable bonds is 4. The van der Waals surface area contributed by atoms with E-state index < -0.39 is 35.6 Å². The fourth-order valence-corrected chi connectivity index (χ4v) is 1.93. The first-order chi connectivity index (χ1) is 9.93. The molecule has 0 atom stereocenters. The molecule has 1 heterocycles. The molecule has 8 heteroatoms. The molecular formula is C13H9BrF3NO3. The molecule has 0 bridgehead atoms. The number of ether oxygens (including phenoxy) is 1. The van der Waals surface area contributed by atoms with E-state index in [-0.39, 0.29) is 12.2 Å². The largest absolute Gasteiger partial charge is 0.460 e. The Bertz CT molecular complexity index is 673. The average Bonchev–Trinajstić information content (AvgIpc) is 2.84. The number of halogens is 4. The number of oxazole rings is 1. The standard InChI is InChI=1S/C13H9BrF3NO3/c1-2-20-13(19)10-9(11(16)17)18-12(21-10)7-4-3-6(14)5-8(7)15/h3-5,11H,2H2,1H3. The molecule has 0 aliphatic rings. The molecule has 4 nitrogen and oxygen atoms in total. The molecule has 0 spiro atoms.